The number of halogens is 1. The van der Waals surface area contributed by atoms with Gasteiger partial charge in [0.25, 0.3) is 0 Å². The average Bonchev–Trinajstić information content (AvgIpc) is 2.31. The molecule has 112 valence electrons. The molecule has 8 heteroatoms. The molecule has 0 heterocycles. The van der Waals surface area contributed by atoms with Gasteiger partial charge in [0.05, 0.1) is 10.5 Å². The lowest BCUT2D eigenvalue weighted by atomic mass is 10.1. The summed E-state index contributed by atoms with van der Waals surface area (Å²) in [4.78, 5) is 10.9. The summed E-state index contributed by atoms with van der Waals surface area (Å²) in [5, 5.41) is 17.8. The number of rotatable bonds is 6. The lowest BCUT2D eigenvalue weighted by Crippen LogP contribution is -2.33. The molecule has 6 nitrogen and oxygen atoms in total. The molecule has 1 unspecified atom stereocenters. The first-order chi connectivity index (χ1) is 9.19. The van der Waals surface area contributed by atoms with E-state index >= 15 is 0 Å². The van der Waals surface area contributed by atoms with E-state index in [0.29, 0.717) is 10.0 Å². The quantitative estimate of drug-likeness (QED) is 0.708. The minimum Gasteiger partial charge on any atom is -0.478 e. The summed E-state index contributed by atoms with van der Waals surface area (Å²) in [6.45, 7) is 3.10. The van der Waals surface area contributed by atoms with Gasteiger partial charge in [-0.05, 0) is 53.9 Å². The van der Waals surface area contributed by atoms with E-state index in [1.54, 1.807) is 13.8 Å². The van der Waals surface area contributed by atoms with Gasteiger partial charge in [0.1, 0.15) is 0 Å². The van der Waals surface area contributed by atoms with Crippen molar-refractivity contribution in [1.29, 1.82) is 0 Å². The van der Waals surface area contributed by atoms with E-state index in [2.05, 4.69) is 20.7 Å². The number of aryl methyl sites for hydroxylation is 1. The zero-order valence-electron chi connectivity index (χ0n) is 11.1. The van der Waals surface area contributed by atoms with Gasteiger partial charge in [-0.25, -0.2) is 17.9 Å². The first-order valence-corrected chi connectivity index (χ1v) is 8.13. The van der Waals surface area contributed by atoms with Crippen LogP contribution in [0.25, 0.3) is 0 Å². The number of carbonyl (C=O) groups is 1. The van der Waals surface area contributed by atoms with Gasteiger partial charge in [-0.3, -0.25) is 0 Å². The van der Waals surface area contributed by atoms with Crippen LogP contribution in [0, 0.1) is 6.92 Å². The van der Waals surface area contributed by atoms with Gasteiger partial charge in [-0.1, -0.05) is 0 Å². The fraction of sp³-hybridized carbons (Fsp3) is 0.417. The maximum atomic E-state index is 12.2. The molecule has 0 bridgehead atoms. The van der Waals surface area contributed by atoms with Gasteiger partial charge < -0.3 is 10.2 Å². The molecule has 0 fully saturated rings. The molecule has 0 aliphatic rings. The molecule has 0 saturated heterocycles. The van der Waals surface area contributed by atoms with E-state index in [-0.39, 0.29) is 23.5 Å². The molecule has 1 atom stereocenters. The number of aromatic carboxylic acids is 1. The Hall–Kier alpha value is -0.960. The second-order valence-corrected chi connectivity index (χ2v) is 6.92. The Morgan fingerprint density at radius 2 is 2.05 bits per heavy atom. The van der Waals surface area contributed by atoms with Crippen LogP contribution in [0.3, 0.4) is 0 Å². The van der Waals surface area contributed by atoms with Crippen LogP contribution in [0.15, 0.2) is 21.5 Å². The lowest BCUT2D eigenvalue weighted by molar-refractivity contribution is 0.0696. The Labute approximate surface area is 126 Å². The van der Waals surface area contributed by atoms with Gasteiger partial charge >= 0.3 is 5.97 Å². The number of aliphatic hydroxyl groups excluding tert-OH is 1. The molecule has 20 heavy (non-hydrogen) atoms. The van der Waals surface area contributed by atoms with Crippen molar-refractivity contribution in [3.8, 4) is 0 Å². The Balaban J connectivity index is 3.27. The van der Waals surface area contributed by atoms with Crippen molar-refractivity contribution in [3.05, 3.63) is 27.7 Å². The molecular formula is C12H16BrNO5S. The maximum absolute atomic E-state index is 12.2. The smallest absolute Gasteiger partial charge is 0.335 e. The summed E-state index contributed by atoms with van der Waals surface area (Å²) < 4.78 is 27.2. The molecule has 1 aromatic rings. The van der Waals surface area contributed by atoms with Gasteiger partial charge in [0, 0.05) is 17.1 Å². The predicted molar refractivity (Wildman–Crippen MR) is 77.3 cm³/mol. The number of sulfonamides is 1. The fourth-order valence-corrected chi connectivity index (χ4v) is 3.96. The molecule has 0 aliphatic heterocycles. The number of carboxylic acids is 1. The molecule has 0 amide bonds. The molecule has 3 N–H and O–H groups in total. The molecule has 0 aliphatic carbocycles. The third-order valence-electron chi connectivity index (χ3n) is 2.68. The summed E-state index contributed by atoms with van der Waals surface area (Å²) in [7, 11) is -3.86. The van der Waals surface area contributed by atoms with Crippen LogP contribution in [-0.4, -0.2) is 37.2 Å². The summed E-state index contributed by atoms with van der Waals surface area (Å²) in [6, 6.07) is 2.04. The van der Waals surface area contributed by atoms with Crippen LogP contribution >= 0.6 is 15.9 Å². The number of hydrogen-bond donors (Lipinski definition) is 3. The minimum atomic E-state index is -3.86. The molecule has 0 spiro atoms. The standard InChI is InChI=1S/C12H16BrNO5S/c1-7-5-9(12(16)17)6-10(11(7)13)20(18,19)14-8(2)3-4-15/h5-6,8,14-15H,3-4H2,1-2H3,(H,16,17). The van der Waals surface area contributed by atoms with E-state index in [1.807, 2.05) is 0 Å². The zero-order valence-corrected chi connectivity index (χ0v) is 13.5. The van der Waals surface area contributed by atoms with Crippen LogP contribution in [0.4, 0.5) is 0 Å². The third kappa shape index (κ3) is 4.02. The highest BCUT2D eigenvalue weighted by Crippen LogP contribution is 2.27. The van der Waals surface area contributed by atoms with Gasteiger partial charge in [0.15, 0.2) is 0 Å². The topological polar surface area (TPSA) is 104 Å². The minimum absolute atomic E-state index is 0.0964. The Morgan fingerprint density at radius 1 is 1.45 bits per heavy atom. The van der Waals surface area contributed by atoms with E-state index in [9.17, 15) is 13.2 Å². The Morgan fingerprint density at radius 3 is 2.55 bits per heavy atom. The molecule has 1 aromatic carbocycles. The number of carboxylic acid groups (broad SMARTS) is 1. The second kappa shape index (κ2) is 6.66. The maximum Gasteiger partial charge on any atom is 0.335 e. The van der Waals surface area contributed by atoms with Gasteiger partial charge in [-0.2, -0.15) is 0 Å². The highest BCUT2D eigenvalue weighted by molar-refractivity contribution is 9.10. The van der Waals surface area contributed by atoms with Crippen molar-refractivity contribution in [2.24, 2.45) is 0 Å². The van der Waals surface area contributed by atoms with Crippen LogP contribution in [0.2, 0.25) is 0 Å². The first kappa shape index (κ1) is 17.1. The van der Waals surface area contributed by atoms with Crippen molar-refractivity contribution in [2.45, 2.75) is 31.2 Å². The van der Waals surface area contributed by atoms with E-state index in [1.165, 1.54) is 6.07 Å². The van der Waals surface area contributed by atoms with Crippen LogP contribution in [0.5, 0.6) is 0 Å². The summed E-state index contributed by atoms with van der Waals surface area (Å²) in [5.74, 6) is -1.19. The van der Waals surface area contributed by atoms with Crippen LogP contribution < -0.4 is 4.72 Å². The van der Waals surface area contributed by atoms with Crippen LogP contribution in [0.1, 0.15) is 29.3 Å². The number of aliphatic hydroxyl groups is 1. The van der Waals surface area contributed by atoms with Crippen molar-refractivity contribution in [3.63, 3.8) is 0 Å². The van der Waals surface area contributed by atoms with Gasteiger partial charge in [0.2, 0.25) is 10.0 Å². The zero-order chi connectivity index (χ0) is 15.5. The summed E-state index contributed by atoms with van der Waals surface area (Å²) in [5.41, 5.74) is 0.418. The first-order valence-electron chi connectivity index (χ1n) is 5.85. The molecular weight excluding hydrogens is 350 g/mol. The van der Waals surface area contributed by atoms with E-state index in [4.69, 9.17) is 10.2 Å². The number of benzene rings is 1. The number of nitrogens with one attached hydrogen (secondary N) is 1. The SMILES string of the molecule is Cc1cc(C(=O)O)cc(S(=O)(=O)NC(C)CCO)c1Br. The largest absolute Gasteiger partial charge is 0.478 e. The third-order valence-corrected chi connectivity index (χ3v) is 5.60. The summed E-state index contributed by atoms with van der Waals surface area (Å²) >= 11 is 3.17. The molecule has 1 rings (SSSR count). The molecule has 0 saturated carbocycles. The van der Waals surface area contributed by atoms with Gasteiger partial charge in [-0.15, -0.1) is 0 Å². The van der Waals surface area contributed by atoms with E-state index < -0.39 is 22.0 Å². The van der Waals surface area contributed by atoms with Crippen molar-refractivity contribution >= 4 is 31.9 Å². The Kier molecular flexibility index (Phi) is 5.69. The number of hydrogen-bond acceptors (Lipinski definition) is 4. The summed E-state index contributed by atoms with van der Waals surface area (Å²) in [6.07, 6.45) is 0.272. The van der Waals surface area contributed by atoms with Crippen LogP contribution in [-0.2, 0) is 10.0 Å². The Bertz CT molecular complexity index is 615. The highest BCUT2D eigenvalue weighted by atomic mass is 79.9. The monoisotopic (exact) mass is 365 g/mol. The highest BCUT2D eigenvalue weighted by Gasteiger charge is 2.23. The second-order valence-electron chi connectivity index (χ2n) is 4.45. The average molecular weight is 366 g/mol. The fourth-order valence-electron chi connectivity index (χ4n) is 1.64. The lowest BCUT2D eigenvalue weighted by Gasteiger charge is -2.15. The van der Waals surface area contributed by atoms with Crippen molar-refractivity contribution in [1.82, 2.24) is 4.72 Å². The molecule has 0 aromatic heterocycles. The van der Waals surface area contributed by atoms with Crippen molar-refractivity contribution < 1.29 is 23.4 Å². The van der Waals surface area contributed by atoms with E-state index in [0.717, 1.165) is 6.07 Å². The molecule has 0 radical (unpaired) electrons. The van der Waals surface area contributed by atoms with Crippen molar-refractivity contribution in [2.75, 3.05) is 6.61 Å². The predicted octanol–water partition coefficient (Wildman–Crippen LogP) is 1.50. The normalized spacial score (nSPS) is 13.2.